The molecule has 1 N–H and O–H groups in total. The molecular formula is C24H24BrClN6. The van der Waals surface area contributed by atoms with Crippen LogP contribution in [-0.2, 0) is 13.1 Å². The summed E-state index contributed by atoms with van der Waals surface area (Å²) in [6.45, 7) is 3.65. The van der Waals surface area contributed by atoms with Crippen LogP contribution in [0.15, 0.2) is 65.5 Å². The molecule has 4 aromatic rings. The number of rotatable bonds is 6. The van der Waals surface area contributed by atoms with E-state index in [0.29, 0.717) is 12.5 Å². The van der Waals surface area contributed by atoms with Crippen molar-refractivity contribution in [2.24, 2.45) is 0 Å². The lowest BCUT2D eigenvalue weighted by Gasteiger charge is -2.32. The van der Waals surface area contributed by atoms with Gasteiger partial charge in [0.1, 0.15) is 5.82 Å². The SMILES string of the molecule is Clc1cccc(CN2CCCC(c3cc(NCc4cccnc4)n4ncc(Br)c4n3)C2)c1. The van der Waals surface area contributed by atoms with Crippen LogP contribution in [0.5, 0.6) is 0 Å². The molecule has 1 saturated heterocycles. The fourth-order valence-electron chi connectivity index (χ4n) is 4.32. The van der Waals surface area contributed by atoms with Gasteiger partial charge in [0.05, 0.1) is 16.4 Å². The molecule has 4 heterocycles. The zero-order valence-electron chi connectivity index (χ0n) is 17.6. The van der Waals surface area contributed by atoms with E-state index in [1.165, 1.54) is 5.56 Å². The highest BCUT2D eigenvalue weighted by Crippen LogP contribution is 2.30. The van der Waals surface area contributed by atoms with E-state index < -0.39 is 0 Å². The number of hydrogen-bond donors (Lipinski definition) is 1. The molecule has 1 fully saturated rings. The molecule has 8 heteroatoms. The summed E-state index contributed by atoms with van der Waals surface area (Å²) in [6, 6.07) is 14.3. The third-order valence-electron chi connectivity index (χ3n) is 5.86. The third kappa shape index (κ3) is 4.80. The Kier molecular flexibility index (Phi) is 6.39. The molecule has 0 amide bonds. The van der Waals surface area contributed by atoms with E-state index >= 15 is 0 Å². The highest BCUT2D eigenvalue weighted by atomic mass is 79.9. The van der Waals surface area contributed by atoms with Gasteiger partial charge in [-0.1, -0.05) is 29.8 Å². The fraction of sp³-hybridized carbons (Fsp3) is 0.292. The largest absolute Gasteiger partial charge is 0.366 e. The molecule has 3 aromatic heterocycles. The van der Waals surface area contributed by atoms with Crippen LogP contribution in [0, 0.1) is 0 Å². The quantitative estimate of drug-likeness (QED) is 0.369. The lowest BCUT2D eigenvalue weighted by molar-refractivity contribution is 0.198. The molecule has 1 aliphatic rings. The molecule has 1 unspecified atom stereocenters. The molecule has 1 aromatic carbocycles. The van der Waals surface area contributed by atoms with E-state index in [9.17, 15) is 0 Å². The molecule has 5 rings (SSSR count). The predicted octanol–water partition coefficient (Wildman–Crippen LogP) is 5.53. The number of fused-ring (bicyclic) bond motifs is 1. The minimum absolute atomic E-state index is 0.369. The Bertz CT molecular complexity index is 1210. The van der Waals surface area contributed by atoms with Crippen molar-refractivity contribution in [2.75, 3.05) is 18.4 Å². The minimum atomic E-state index is 0.369. The Morgan fingerprint density at radius 3 is 2.88 bits per heavy atom. The molecule has 0 spiro atoms. The highest BCUT2D eigenvalue weighted by Gasteiger charge is 2.24. The van der Waals surface area contributed by atoms with Crippen molar-refractivity contribution < 1.29 is 0 Å². The zero-order valence-corrected chi connectivity index (χ0v) is 19.9. The lowest BCUT2D eigenvalue weighted by atomic mass is 9.94. The minimum Gasteiger partial charge on any atom is -0.366 e. The van der Waals surface area contributed by atoms with Crippen LogP contribution in [0.1, 0.15) is 35.6 Å². The summed E-state index contributed by atoms with van der Waals surface area (Å²) in [5.41, 5.74) is 4.31. The summed E-state index contributed by atoms with van der Waals surface area (Å²) >= 11 is 9.80. The summed E-state index contributed by atoms with van der Waals surface area (Å²) < 4.78 is 2.76. The first-order valence-electron chi connectivity index (χ1n) is 10.8. The molecule has 1 atom stereocenters. The molecule has 1 aliphatic heterocycles. The van der Waals surface area contributed by atoms with Crippen molar-refractivity contribution in [3.8, 4) is 0 Å². The van der Waals surface area contributed by atoms with Gasteiger partial charge >= 0.3 is 0 Å². The van der Waals surface area contributed by atoms with Gasteiger partial charge in [0.25, 0.3) is 0 Å². The maximum atomic E-state index is 6.19. The Morgan fingerprint density at radius 2 is 2.03 bits per heavy atom. The summed E-state index contributed by atoms with van der Waals surface area (Å²) in [4.78, 5) is 11.7. The number of benzene rings is 1. The van der Waals surface area contributed by atoms with E-state index in [2.05, 4.69) is 60.5 Å². The average Bonchev–Trinajstić information content (AvgIpc) is 3.19. The topological polar surface area (TPSA) is 58.4 Å². The maximum Gasteiger partial charge on any atom is 0.171 e. The van der Waals surface area contributed by atoms with Crippen molar-refractivity contribution in [3.63, 3.8) is 0 Å². The number of nitrogens with one attached hydrogen (secondary N) is 1. The number of halogens is 2. The van der Waals surface area contributed by atoms with Gasteiger partial charge in [0.15, 0.2) is 5.65 Å². The van der Waals surface area contributed by atoms with Crippen molar-refractivity contribution in [1.82, 2.24) is 24.5 Å². The standard InChI is InChI=1S/C24H24BrClN6/c25-21-14-29-32-23(28-13-18-5-2-8-27-12-18)11-22(30-24(21)32)19-6-3-9-31(16-19)15-17-4-1-7-20(26)10-17/h1-2,4-5,7-8,10-12,14,19,28H,3,6,9,13,15-16H2. The highest BCUT2D eigenvalue weighted by molar-refractivity contribution is 9.10. The Labute approximate surface area is 200 Å². The summed E-state index contributed by atoms with van der Waals surface area (Å²) in [5, 5.41) is 8.82. The van der Waals surface area contributed by atoms with Crippen LogP contribution >= 0.6 is 27.5 Å². The predicted molar refractivity (Wildman–Crippen MR) is 131 cm³/mol. The van der Waals surface area contributed by atoms with Crippen molar-refractivity contribution in [1.29, 1.82) is 0 Å². The van der Waals surface area contributed by atoms with Gasteiger partial charge in [-0.2, -0.15) is 9.61 Å². The second kappa shape index (κ2) is 9.57. The van der Waals surface area contributed by atoms with Gasteiger partial charge in [0, 0.05) is 49.0 Å². The van der Waals surface area contributed by atoms with Crippen LogP contribution < -0.4 is 5.32 Å². The Balaban J connectivity index is 1.38. The summed E-state index contributed by atoms with van der Waals surface area (Å²) in [6.07, 6.45) is 7.74. The van der Waals surface area contributed by atoms with Crippen LogP contribution in [-0.4, -0.2) is 37.6 Å². The second-order valence-electron chi connectivity index (χ2n) is 8.21. The van der Waals surface area contributed by atoms with Crippen LogP contribution in [0.4, 0.5) is 5.82 Å². The number of piperidine rings is 1. The molecule has 0 aliphatic carbocycles. The van der Waals surface area contributed by atoms with Gasteiger partial charge in [0.2, 0.25) is 0 Å². The monoisotopic (exact) mass is 510 g/mol. The van der Waals surface area contributed by atoms with Crippen LogP contribution in [0.25, 0.3) is 5.65 Å². The normalized spacial score (nSPS) is 17.0. The van der Waals surface area contributed by atoms with Gasteiger partial charge in [-0.05, 0) is 64.6 Å². The average molecular weight is 512 g/mol. The number of hydrogen-bond acceptors (Lipinski definition) is 5. The Hall–Kier alpha value is -2.48. The second-order valence-corrected chi connectivity index (χ2v) is 9.50. The third-order valence-corrected chi connectivity index (χ3v) is 6.66. The van der Waals surface area contributed by atoms with E-state index in [1.807, 2.05) is 28.9 Å². The fourth-order valence-corrected chi connectivity index (χ4v) is 4.88. The molecule has 32 heavy (non-hydrogen) atoms. The molecular weight excluding hydrogens is 488 g/mol. The van der Waals surface area contributed by atoms with Gasteiger partial charge in [-0.25, -0.2) is 4.98 Å². The smallest absolute Gasteiger partial charge is 0.171 e. The lowest BCUT2D eigenvalue weighted by Crippen LogP contribution is -2.34. The molecule has 0 bridgehead atoms. The van der Waals surface area contributed by atoms with Crippen molar-refractivity contribution in [3.05, 3.63) is 87.4 Å². The van der Waals surface area contributed by atoms with Crippen LogP contribution in [0.3, 0.4) is 0 Å². The van der Waals surface area contributed by atoms with Crippen molar-refractivity contribution >= 4 is 39.0 Å². The molecule has 0 radical (unpaired) electrons. The van der Waals surface area contributed by atoms with Gasteiger partial charge in [-0.15, -0.1) is 0 Å². The zero-order chi connectivity index (χ0) is 21.9. The van der Waals surface area contributed by atoms with Gasteiger partial charge in [-0.3, -0.25) is 9.88 Å². The maximum absolute atomic E-state index is 6.19. The van der Waals surface area contributed by atoms with E-state index in [1.54, 1.807) is 12.4 Å². The van der Waals surface area contributed by atoms with Crippen LogP contribution in [0.2, 0.25) is 5.02 Å². The molecule has 6 nitrogen and oxygen atoms in total. The van der Waals surface area contributed by atoms with Crippen molar-refractivity contribution in [2.45, 2.75) is 31.8 Å². The van der Waals surface area contributed by atoms with E-state index in [0.717, 1.165) is 64.7 Å². The Morgan fingerprint density at radius 1 is 1.12 bits per heavy atom. The number of anilines is 1. The summed E-state index contributed by atoms with van der Waals surface area (Å²) in [7, 11) is 0. The van der Waals surface area contributed by atoms with E-state index in [4.69, 9.17) is 16.6 Å². The number of likely N-dealkylation sites (tertiary alicyclic amines) is 1. The number of nitrogens with zero attached hydrogens (tertiary/aromatic N) is 5. The number of aromatic nitrogens is 4. The molecule has 0 saturated carbocycles. The first kappa shape index (κ1) is 21.4. The molecule has 164 valence electrons. The number of pyridine rings is 1. The van der Waals surface area contributed by atoms with E-state index in [-0.39, 0.29) is 0 Å². The first-order chi connectivity index (χ1) is 15.7. The van der Waals surface area contributed by atoms with Gasteiger partial charge < -0.3 is 5.32 Å². The first-order valence-corrected chi connectivity index (χ1v) is 12.0. The summed E-state index contributed by atoms with van der Waals surface area (Å²) in [5.74, 6) is 1.31.